The number of aromatic carboxylic acids is 1. The first-order valence-electron chi connectivity index (χ1n) is 17.0. The Kier molecular flexibility index (Phi) is 8.28. The zero-order valence-electron chi connectivity index (χ0n) is 27.6. The molecule has 5 heterocycles. The van der Waals surface area contributed by atoms with Crippen molar-refractivity contribution in [3.05, 3.63) is 73.4 Å². The maximum atomic E-state index is 14.2. The number of thiophene rings is 1. The summed E-state index contributed by atoms with van der Waals surface area (Å²) >= 11 is 7.73. The quantitative estimate of drug-likeness (QED) is 0.202. The second-order valence-electron chi connectivity index (χ2n) is 14.2. The minimum absolute atomic E-state index is 0.00705. The van der Waals surface area contributed by atoms with Crippen molar-refractivity contribution in [1.29, 1.82) is 0 Å². The fraction of sp³-hybridized carbons (Fsp3) is 0.500. The summed E-state index contributed by atoms with van der Waals surface area (Å²) in [6.07, 6.45) is -0.213. The number of hydrogen-bond donors (Lipinski definition) is 1. The zero-order valence-corrected chi connectivity index (χ0v) is 29.1. The van der Waals surface area contributed by atoms with Gasteiger partial charge in [-0.2, -0.15) is 0 Å². The van der Waals surface area contributed by atoms with Gasteiger partial charge in [-0.3, -0.25) is 24.0 Å². The van der Waals surface area contributed by atoms with Crippen LogP contribution in [0.1, 0.15) is 71.7 Å². The molecule has 3 aliphatic carbocycles. The highest BCUT2D eigenvalue weighted by Gasteiger charge is 2.55. The highest BCUT2D eigenvalue weighted by atomic mass is 35.5. The normalized spacial score (nSPS) is 24.1. The van der Waals surface area contributed by atoms with Gasteiger partial charge < -0.3 is 9.84 Å². The van der Waals surface area contributed by atoms with E-state index in [0.29, 0.717) is 63.0 Å². The number of benzene rings is 1. The summed E-state index contributed by atoms with van der Waals surface area (Å²) in [5.41, 5.74) is 4.01. The summed E-state index contributed by atoms with van der Waals surface area (Å²) in [5, 5.41) is 11.8. The molecule has 4 atom stereocenters. The van der Waals surface area contributed by atoms with Crippen LogP contribution < -0.4 is 10.3 Å². The lowest BCUT2D eigenvalue weighted by Gasteiger charge is -2.53. The van der Waals surface area contributed by atoms with Crippen LogP contribution in [0.15, 0.2) is 34.4 Å². The topological polar surface area (TPSA) is 107 Å². The first kappa shape index (κ1) is 33.6. The van der Waals surface area contributed by atoms with Crippen molar-refractivity contribution >= 4 is 39.1 Å². The first-order valence-corrected chi connectivity index (χ1v) is 18.2. The number of piperidine rings is 2. The van der Waals surface area contributed by atoms with E-state index in [1.54, 1.807) is 35.1 Å². The lowest BCUT2D eigenvalue weighted by molar-refractivity contribution is -0.356. The van der Waals surface area contributed by atoms with Crippen LogP contribution in [0.4, 0.5) is 13.2 Å². The van der Waals surface area contributed by atoms with Crippen molar-refractivity contribution in [1.82, 2.24) is 19.4 Å². The number of hydrogen-bond acceptors (Lipinski definition) is 8. The average Bonchev–Trinajstić information content (AvgIpc) is 3.69. The molecule has 2 aliphatic heterocycles. The summed E-state index contributed by atoms with van der Waals surface area (Å²) in [5.74, 6) is -0.0670. The van der Waals surface area contributed by atoms with E-state index in [1.165, 1.54) is 11.3 Å². The van der Waals surface area contributed by atoms with E-state index in [0.717, 1.165) is 43.4 Å². The molecule has 0 radical (unpaired) electrons. The summed E-state index contributed by atoms with van der Waals surface area (Å²) in [7, 11) is 0. The van der Waals surface area contributed by atoms with Crippen molar-refractivity contribution in [3.63, 3.8) is 0 Å². The number of carboxylic acids is 1. The van der Waals surface area contributed by atoms with Gasteiger partial charge >= 0.3 is 12.3 Å². The van der Waals surface area contributed by atoms with E-state index in [2.05, 4.69) is 14.6 Å². The van der Waals surface area contributed by atoms with Crippen molar-refractivity contribution in [2.45, 2.75) is 95.3 Å². The number of nitrogens with zero attached hydrogens (tertiary/aromatic N) is 4. The molecule has 264 valence electrons. The van der Waals surface area contributed by atoms with Gasteiger partial charge in [-0.05, 0) is 89.0 Å². The number of pyridine rings is 1. The molecule has 1 N–H and O–H groups in total. The van der Waals surface area contributed by atoms with Crippen molar-refractivity contribution in [2.75, 3.05) is 13.2 Å². The second kappa shape index (κ2) is 12.3. The number of ether oxygens (including phenoxy) is 2. The highest BCUT2D eigenvalue weighted by Crippen LogP contribution is 2.56. The molecule has 2 saturated heterocycles. The molecule has 50 heavy (non-hydrogen) atoms. The van der Waals surface area contributed by atoms with Gasteiger partial charge in [0.1, 0.15) is 18.2 Å². The molecule has 1 spiro atoms. The Morgan fingerprint density at radius 3 is 2.64 bits per heavy atom. The third-order valence-electron chi connectivity index (χ3n) is 11.1. The van der Waals surface area contributed by atoms with Crippen LogP contribution in [0.25, 0.3) is 21.3 Å². The fourth-order valence-corrected chi connectivity index (χ4v) is 9.89. The van der Waals surface area contributed by atoms with E-state index in [9.17, 15) is 27.9 Å². The van der Waals surface area contributed by atoms with Gasteiger partial charge in [-0.15, -0.1) is 24.5 Å². The van der Waals surface area contributed by atoms with Crippen LogP contribution in [-0.4, -0.2) is 68.2 Å². The number of fused-ring (bicyclic) bond motifs is 6. The van der Waals surface area contributed by atoms with Gasteiger partial charge in [-0.1, -0.05) is 11.6 Å². The molecule has 4 fully saturated rings. The van der Waals surface area contributed by atoms with Crippen LogP contribution in [0.3, 0.4) is 0 Å². The van der Waals surface area contributed by atoms with Crippen LogP contribution in [0, 0.1) is 19.8 Å². The monoisotopic (exact) mass is 728 g/mol. The molecule has 1 unspecified atom stereocenters. The molecule has 2 bridgehead atoms. The Hall–Kier alpha value is -3.52. The van der Waals surface area contributed by atoms with Crippen molar-refractivity contribution in [3.8, 4) is 16.9 Å². The number of halogens is 4. The largest absolute Gasteiger partial charge is 0.522 e. The molecule has 3 aromatic heterocycles. The maximum absolute atomic E-state index is 14.2. The second-order valence-corrected chi connectivity index (χ2v) is 15.6. The highest BCUT2D eigenvalue weighted by molar-refractivity contribution is 7.18. The van der Waals surface area contributed by atoms with Crippen LogP contribution in [-0.2, 0) is 23.1 Å². The Bertz CT molecular complexity index is 2080. The van der Waals surface area contributed by atoms with E-state index in [4.69, 9.17) is 21.3 Å². The standard InChI is InChI=1S/C36H36ClF3N4O5S/c1-18-11-25(31-30(41-18)27(17-50-31)34(46)47)24-12-21(37)4-6-28(24)48-10-9-43-19(2)42-32-26(33(43)45)13-23(15-35(32)7-8-35)44-16-20-3-5-22(44)14-29(20)49-36(38,39)40/h4,6,11-12,17,20,22-23,29H,3,5,7-10,13-16H2,1-2H3,(H,46,47)/t20-,22-,23+,29?/m0/s1. The van der Waals surface area contributed by atoms with Gasteiger partial charge in [-0.25, -0.2) is 9.78 Å². The van der Waals surface area contributed by atoms with Crippen molar-refractivity contribution < 1.29 is 32.5 Å². The predicted molar refractivity (Wildman–Crippen MR) is 182 cm³/mol. The molecule has 1 aromatic carbocycles. The SMILES string of the molecule is Cc1cc(-c2cc(Cl)ccc2OCCn2c(C)nc3c(c2=O)C[C@@H](N2C[C@@H]4CC[C@H]2CC4OC(F)(F)F)CC32CC2)c2scc(C(=O)O)c2n1. The molecule has 4 aromatic rings. The van der Waals surface area contributed by atoms with Gasteiger partial charge in [0.25, 0.3) is 5.56 Å². The first-order chi connectivity index (χ1) is 23.8. The Labute approximate surface area is 295 Å². The lowest BCUT2D eigenvalue weighted by atomic mass is 9.73. The van der Waals surface area contributed by atoms with Crippen molar-refractivity contribution in [2.24, 2.45) is 5.92 Å². The number of rotatable bonds is 8. The molecule has 14 heteroatoms. The maximum Gasteiger partial charge on any atom is 0.522 e. The molecule has 2 saturated carbocycles. The Balaban J connectivity index is 1.04. The summed E-state index contributed by atoms with van der Waals surface area (Å²) in [4.78, 5) is 37.9. The summed E-state index contributed by atoms with van der Waals surface area (Å²) in [6, 6.07) is 7.23. The lowest BCUT2D eigenvalue weighted by Crippen LogP contribution is -2.60. The smallest absolute Gasteiger partial charge is 0.491 e. The summed E-state index contributed by atoms with van der Waals surface area (Å²) < 4.78 is 52.5. The van der Waals surface area contributed by atoms with E-state index in [-0.39, 0.29) is 47.7 Å². The number of carbonyl (C=O) groups is 1. The number of carboxylic acid groups (broad SMARTS) is 1. The van der Waals surface area contributed by atoms with E-state index >= 15 is 0 Å². The molecule has 0 amide bonds. The minimum atomic E-state index is -4.64. The van der Waals surface area contributed by atoms with Crippen LogP contribution in [0.5, 0.6) is 5.75 Å². The van der Waals surface area contributed by atoms with Crippen LogP contribution in [0.2, 0.25) is 5.02 Å². The summed E-state index contributed by atoms with van der Waals surface area (Å²) in [6.45, 7) is 4.62. The predicted octanol–water partition coefficient (Wildman–Crippen LogP) is 7.30. The minimum Gasteiger partial charge on any atom is -0.491 e. The van der Waals surface area contributed by atoms with Gasteiger partial charge in [0, 0.05) is 56.8 Å². The Morgan fingerprint density at radius 1 is 1.14 bits per heavy atom. The molecular weight excluding hydrogens is 693 g/mol. The molecule has 9 rings (SSSR count). The number of aryl methyl sites for hydroxylation is 2. The molecule has 5 aliphatic rings. The third-order valence-corrected chi connectivity index (χ3v) is 12.4. The van der Waals surface area contributed by atoms with Gasteiger partial charge in [0.15, 0.2) is 0 Å². The van der Waals surface area contributed by atoms with Gasteiger partial charge in [0.2, 0.25) is 0 Å². The number of alkyl halides is 3. The van der Waals surface area contributed by atoms with E-state index in [1.807, 2.05) is 13.0 Å². The number of aromatic nitrogens is 3. The zero-order chi connectivity index (χ0) is 35.1. The van der Waals surface area contributed by atoms with Gasteiger partial charge in [0.05, 0.1) is 34.1 Å². The Morgan fingerprint density at radius 2 is 1.94 bits per heavy atom. The molecule has 9 nitrogen and oxygen atoms in total. The van der Waals surface area contributed by atoms with E-state index < -0.39 is 18.4 Å². The van der Waals surface area contributed by atoms with Crippen LogP contribution >= 0.6 is 22.9 Å². The fourth-order valence-electron chi connectivity index (χ4n) is 8.71. The molecular formula is C36H36ClF3N4O5S. The average molecular weight is 729 g/mol. The third kappa shape index (κ3) is 5.99.